The monoisotopic (exact) mass is 208 g/mol. The van der Waals surface area contributed by atoms with Gasteiger partial charge in [0, 0.05) is 5.56 Å². The number of hydrogen-bond acceptors (Lipinski definition) is 1. The van der Waals surface area contributed by atoms with Crippen LogP contribution in [0.4, 0.5) is 0 Å². The average molecular weight is 209 g/mol. The molecule has 1 saturated carbocycles. The molecule has 0 N–H and O–H groups in total. The van der Waals surface area contributed by atoms with Gasteiger partial charge in [0.1, 0.15) is 5.75 Å². The van der Waals surface area contributed by atoms with Crippen molar-refractivity contribution in [2.75, 3.05) is 0 Å². The lowest BCUT2D eigenvalue weighted by Crippen LogP contribution is -1.99. The van der Waals surface area contributed by atoms with Gasteiger partial charge >= 0.3 is 0 Å². The molecule has 0 atom stereocenters. The molecule has 0 aliphatic heterocycles. The number of rotatable bonds is 3. The second-order valence-corrected chi connectivity index (χ2v) is 4.12. The molecule has 14 heavy (non-hydrogen) atoms. The Morgan fingerprint density at radius 3 is 2.79 bits per heavy atom. The molecule has 1 aromatic rings. The van der Waals surface area contributed by atoms with E-state index in [4.69, 9.17) is 16.3 Å². The summed E-state index contributed by atoms with van der Waals surface area (Å²) in [5, 5.41) is 0.718. The van der Waals surface area contributed by atoms with Crippen LogP contribution in [0.5, 0.6) is 5.75 Å². The quantitative estimate of drug-likeness (QED) is 0.732. The van der Waals surface area contributed by atoms with Gasteiger partial charge in [0.15, 0.2) is 0 Å². The first-order chi connectivity index (χ1) is 6.68. The van der Waals surface area contributed by atoms with E-state index in [0.29, 0.717) is 6.10 Å². The van der Waals surface area contributed by atoms with Crippen molar-refractivity contribution < 1.29 is 4.74 Å². The van der Waals surface area contributed by atoms with Gasteiger partial charge in [-0.2, -0.15) is 0 Å². The smallest absolute Gasteiger partial charge is 0.128 e. The van der Waals surface area contributed by atoms with E-state index in [1.807, 2.05) is 25.1 Å². The van der Waals surface area contributed by atoms with Crippen LogP contribution < -0.4 is 4.74 Å². The van der Waals surface area contributed by atoms with E-state index in [2.05, 4.69) is 6.58 Å². The molecule has 0 bridgehead atoms. The van der Waals surface area contributed by atoms with Crippen molar-refractivity contribution in [3.05, 3.63) is 35.4 Å². The molecule has 0 radical (unpaired) electrons. The van der Waals surface area contributed by atoms with E-state index < -0.39 is 0 Å². The zero-order valence-corrected chi connectivity index (χ0v) is 8.97. The Balaban J connectivity index is 2.35. The topological polar surface area (TPSA) is 9.23 Å². The maximum Gasteiger partial charge on any atom is 0.128 e. The van der Waals surface area contributed by atoms with Crippen molar-refractivity contribution in [2.24, 2.45) is 0 Å². The van der Waals surface area contributed by atoms with Crippen molar-refractivity contribution in [1.82, 2.24) is 0 Å². The molecule has 0 unspecified atom stereocenters. The highest BCUT2D eigenvalue weighted by Gasteiger charge is 2.25. The molecule has 2 rings (SSSR count). The maximum absolute atomic E-state index is 6.09. The summed E-state index contributed by atoms with van der Waals surface area (Å²) < 4.78 is 5.75. The van der Waals surface area contributed by atoms with Crippen molar-refractivity contribution in [3.63, 3.8) is 0 Å². The van der Waals surface area contributed by atoms with E-state index in [0.717, 1.165) is 34.8 Å². The van der Waals surface area contributed by atoms with Crippen LogP contribution in [-0.2, 0) is 0 Å². The van der Waals surface area contributed by atoms with Gasteiger partial charge in [-0.3, -0.25) is 0 Å². The molecule has 0 spiro atoms. The summed E-state index contributed by atoms with van der Waals surface area (Å²) in [6, 6.07) is 5.73. The minimum Gasteiger partial charge on any atom is -0.490 e. The minimum atomic E-state index is 0.395. The summed E-state index contributed by atoms with van der Waals surface area (Å²) in [5.74, 6) is 0.868. The molecule has 0 aromatic heterocycles. The first-order valence-electron chi connectivity index (χ1n) is 4.79. The van der Waals surface area contributed by atoms with Gasteiger partial charge in [-0.1, -0.05) is 24.2 Å². The van der Waals surface area contributed by atoms with E-state index >= 15 is 0 Å². The fourth-order valence-corrected chi connectivity index (χ4v) is 1.71. The fourth-order valence-electron chi connectivity index (χ4n) is 1.38. The van der Waals surface area contributed by atoms with Crippen LogP contribution in [0.25, 0.3) is 5.57 Å². The first kappa shape index (κ1) is 9.60. The molecule has 1 fully saturated rings. The normalized spacial score (nSPS) is 15.3. The van der Waals surface area contributed by atoms with Crippen molar-refractivity contribution >= 4 is 17.2 Å². The number of hydrogen-bond donors (Lipinski definition) is 0. The second kappa shape index (κ2) is 3.66. The highest BCUT2D eigenvalue weighted by molar-refractivity contribution is 6.32. The molecule has 74 valence electrons. The van der Waals surface area contributed by atoms with Crippen molar-refractivity contribution in [3.8, 4) is 5.75 Å². The summed E-state index contributed by atoms with van der Waals surface area (Å²) in [6.45, 7) is 5.86. The molecule has 0 heterocycles. The van der Waals surface area contributed by atoms with E-state index in [9.17, 15) is 0 Å². The highest BCUT2D eigenvalue weighted by atomic mass is 35.5. The highest BCUT2D eigenvalue weighted by Crippen LogP contribution is 2.35. The van der Waals surface area contributed by atoms with Crippen LogP contribution in [0.2, 0.25) is 5.02 Å². The van der Waals surface area contributed by atoms with E-state index in [1.54, 1.807) is 0 Å². The summed E-state index contributed by atoms with van der Waals surface area (Å²) in [4.78, 5) is 0. The van der Waals surface area contributed by atoms with Crippen molar-refractivity contribution in [2.45, 2.75) is 25.9 Å². The lowest BCUT2D eigenvalue weighted by Gasteiger charge is -2.11. The van der Waals surface area contributed by atoms with Gasteiger partial charge in [0.05, 0.1) is 11.1 Å². The van der Waals surface area contributed by atoms with Crippen LogP contribution in [0.15, 0.2) is 24.8 Å². The van der Waals surface area contributed by atoms with Gasteiger partial charge in [-0.05, 0) is 37.5 Å². The standard InChI is InChI=1S/C12H13ClO/c1-8(2)12-10(13)4-3-5-11(12)14-9-6-7-9/h3-5,9H,1,6-7H2,2H3. The lowest BCUT2D eigenvalue weighted by molar-refractivity contribution is 0.302. The van der Waals surface area contributed by atoms with E-state index in [-0.39, 0.29) is 0 Å². The molecule has 0 amide bonds. The van der Waals surface area contributed by atoms with Crippen LogP contribution in [0.1, 0.15) is 25.3 Å². The van der Waals surface area contributed by atoms with Crippen LogP contribution >= 0.6 is 11.6 Å². The maximum atomic E-state index is 6.09. The molecule has 0 saturated heterocycles. The second-order valence-electron chi connectivity index (χ2n) is 3.71. The number of benzene rings is 1. The van der Waals surface area contributed by atoms with Gasteiger partial charge in [0.25, 0.3) is 0 Å². The predicted octanol–water partition coefficient (Wildman–Crippen LogP) is 3.91. The van der Waals surface area contributed by atoms with Crippen LogP contribution in [-0.4, -0.2) is 6.10 Å². The minimum absolute atomic E-state index is 0.395. The van der Waals surface area contributed by atoms with Crippen LogP contribution in [0.3, 0.4) is 0 Å². The molecule has 1 nitrogen and oxygen atoms in total. The summed E-state index contributed by atoms with van der Waals surface area (Å²) >= 11 is 6.09. The third-order valence-electron chi connectivity index (χ3n) is 2.22. The third kappa shape index (κ3) is 1.93. The van der Waals surface area contributed by atoms with Crippen LogP contribution in [0, 0.1) is 0 Å². The Morgan fingerprint density at radius 2 is 2.21 bits per heavy atom. The van der Waals surface area contributed by atoms with Crippen molar-refractivity contribution in [1.29, 1.82) is 0 Å². The SMILES string of the molecule is C=C(C)c1c(Cl)cccc1OC1CC1. The van der Waals surface area contributed by atoms with Gasteiger partial charge in [-0.25, -0.2) is 0 Å². The molecular formula is C12H13ClO. The molecule has 1 aliphatic carbocycles. The molecule has 2 heteroatoms. The Kier molecular flexibility index (Phi) is 2.51. The van der Waals surface area contributed by atoms with E-state index in [1.165, 1.54) is 0 Å². The van der Waals surface area contributed by atoms with Gasteiger partial charge in [-0.15, -0.1) is 0 Å². The number of ether oxygens (including phenoxy) is 1. The predicted molar refractivity (Wildman–Crippen MR) is 59.8 cm³/mol. The zero-order valence-electron chi connectivity index (χ0n) is 8.22. The third-order valence-corrected chi connectivity index (χ3v) is 2.54. The Morgan fingerprint density at radius 1 is 1.50 bits per heavy atom. The number of allylic oxidation sites excluding steroid dienone is 1. The molecule has 1 aromatic carbocycles. The summed E-state index contributed by atoms with van der Waals surface area (Å²) in [7, 11) is 0. The molecular weight excluding hydrogens is 196 g/mol. The fraction of sp³-hybridized carbons (Fsp3) is 0.333. The van der Waals surface area contributed by atoms with Gasteiger partial charge < -0.3 is 4.74 Å². The lowest BCUT2D eigenvalue weighted by atomic mass is 10.1. The Hall–Kier alpha value is -0.950. The Labute approximate surface area is 89.3 Å². The Bertz CT molecular complexity index is 367. The molecule has 1 aliphatic rings. The summed E-state index contributed by atoms with van der Waals surface area (Å²) in [6.07, 6.45) is 2.70. The zero-order chi connectivity index (χ0) is 10.1. The number of halogens is 1. The average Bonchev–Trinajstić information content (AvgIpc) is 2.87. The largest absolute Gasteiger partial charge is 0.490 e. The van der Waals surface area contributed by atoms with Gasteiger partial charge in [0.2, 0.25) is 0 Å². The first-order valence-corrected chi connectivity index (χ1v) is 5.17. The summed E-state index contributed by atoms with van der Waals surface area (Å²) in [5.41, 5.74) is 1.90.